The summed E-state index contributed by atoms with van der Waals surface area (Å²) >= 11 is 3.53. The van der Waals surface area contributed by atoms with Crippen molar-refractivity contribution < 1.29 is 4.74 Å². The fraction of sp³-hybridized carbons (Fsp3) is 0.500. The summed E-state index contributed by atoms with van der Waals surface area (Å²) in [5.41, 5.74) is 0. The van der Waals surface area contributed by atoms with Crippen molar-refractivity contribution in [1.29, 1.82) is 0 Å². The molecule has 1 aromatic carbocycles. The summed E-state index contributed by atoms with van der Waals surface area (Å²) < 4.78 is 9.21. The van der Waals surface area contributed by atoms with E-state index in [2.05, 4.69) is 60.7 Å². The number of hydrogen-bond donors (Lipinski definition) is 1. The van der Waals surface area contributed by atoms with Gasteiger partial charge in [0.25, 0.3) is 0 Å². The maximum Gasteiger partial charge on any atom is 0.193 e. The van der Waals surface area contributed by atoms with Crippen LogP contribution >= 0.6 is 15.9 Å². The molecule has 0 radical (unpaired) electrons. The molecule has 1 aliphatic heterocycles. The van der Waals surface area contributed by atoms with Gasteiger partial charge >= 0.3 is 0 Å². The zero-order valence-corrected chi connectivity index (χ0v) is 17.8. The second-order valence-electron chi connectivity index (χ2n) is 7.08. The number of piperidine rings is 1. The summed E-state index contributed by atoms with van der Waals surface area (Å²) in [6.45, 7) is 7.00. The van der Waals surface area contributed by atoms with E-state index in [1.807, 2.05) is 43.8 Å². The Labute approximate surface area is 169 Å². The molecular weight excluding hydrogens is 406 g/mol. The third-order valence-corrected chi connectivity index (χ3v) is 5.71. The van der Waals surface area contributed by atoms with Gasteiger partial charge in [0.15, 0.2) is 5.96 Å². The van der Waals surface area contributed by atoms with Crippen molar-refractivity contribution in [3.63, 3.8) is 0 Å². The van der Waals surface area contributed by atoms with Crippen molar-refractivity contribution in [2.24, 2.45) is 10.9 Å². The third-order valence-electron chi connectivity index (χ3n) is 5.05. The second kappa shape index (κ2) is 9.26. The van der Waals surface area contributed by atoms with Crippen LogP contribution in [0.1, 0.15) is 26.3 Å². The molecule has 1 aromatic heterocycles. The van der Waals surface area contributed by atoms with E-state index in [9.17, 15) is 0 Å². The van der Waals surface area contributed by atoms with Gasteiger partial charge in [-0.05, 0) is 47.3 Å². The first kappa shape index (κ1) is 19.7. The number of hydrogen-bond acceptors (Lipinski definition) is 3. The van der Waals surface area contributed by atoms with E-state index in [0.717, 1.165) is 35.7 Å². The Morgan fingerprint density at radius 3 is 2.96 bits per heavy atom. The summed E-state index contributed by atoms with van der Waals surface area (Å²) in [4.78, 5) is 11.0. The summed E-state index contributed by atoms with van der Waals surface area (Å²) in [6, 6.07) is 8.32. The lowest BCUT2D eigenvalue weighted by molar-refractivity contribution is 0.184. The van der Waals surface area contributed by atoms with Crippen molar-refractivity contribution >= 4 is 21.9 Å². The smallest absolute Gasteiger partial charge is 0.193 e. The van der Waals surface area contributed by atoms with Crippen LogP contribution in [0.25, 0.3) is 0 Å². The molecule has 0 aliphatic carbocycles. The molecule has 2 heterocycles. The van der Waals surface area contributed by atoms with Crippen LogP contribution in [0.15, 0.2) is 52.5 Å². The van der Waals surface area contributed by atoms with Crippen molar-refractivity contribution in [3.05, 3.63) is 47.5 Å². The minimum Gasteiger partial charge on any atom is -0.488 e. The van der Waals surface area contributed by atoms with Crippen molar-refractivity contribution in [2.45, 2.75) is 32.4 Å². The van der Waals surface area contributed by atoms with Crippen molar-refractivity contribution in [3.8, 4) is 5.75 Å². The molecule has 0 spiro atoms. The highest BCUT2D eigenvalue weighted by Gasteiger charge is 2.29. The highest BCUT2D eigenvalue weighted by atomic mass is 79.9. The number of benzene rings is 1. The van der Waals surface area contributed by atoms with E-state index in [4.69, 9.17) is 4.74 Å². The number of nitrogens with one attached hydrogen (secondary N) is 1. The number of ether oxygens (including phenoxy) is 1. The highest BCUT2D eigenvalue weighted by molar-refractivity contribution is 9.10. The van der Waals surface area contributed by atoms with E-state index < -0.39 is 0 Å². The normalized spacial score (nSPS) is 21.8. The number of likely N-dealkylation sites (tertiary alicyclic amines) is 1. The van der Waals surface area contributed by atoms with Crippen molar-refractivity contribution in [1.82, 2.24) is 19.8 Å². The number of aliphatic imine (C=N–C) groups is 1. The molecule has 27 heavy (non-hydrogen) atoms. The fourth-order valence-electron chi connectivity index (χ4n) is 3.46. The summed E-state index contributed by atoms with van der Waals surface area (Å²) in [6.07, 6.45) is 6.96. The molecule has 7 heteroatoms. The van der Waals surface area contributed by atoms with Crippen LogP contribution in [-0.4, -0.2) is 53.2 Å². The number of rotatable bonds is 5. The second-order valence-corrected chi connectivity index (χ2v) is 7.93. The standard InChI is InChI=1S/C20H28BrN5O/c1-15-8-10-25(13-18(15)26-11-9-23-14-26)20(22-3)24-12-16(2)27-19-7-5-4-6-17(19)21/h4-7,9,11,14-16,18H,8,10,12-13H2,1-3H3,(H,22,24). The van der Waals surface area contributed by atoms with Gasteiger partial charge in [-0.25, -0.2) is 4.98 Å². The highest BCUT2D eigenvalue weighted by Crippen LogP contribution is 2.27. The van der Waals surface area contributed by atoms with Crippen LogP contribution in [-0.2, 0) is 0 Å². The molecule has 3 unspecified atom stereocenters. The largest absolute Gasteiger partial charge is 0.488 e. The molecule has 1 aliphatic rings. The van der Waals surface area contributed by atoms with E-state index in [-0.39, 0.29) is 6.10 Å². The van der Waals surface area contributed by atoms with Crippen LogP contribution in [0.5, 0.6) is 5.75 Å². The zero-order valence-electron chi connectivity index (χ0n) is 16.2. The number of para-hydroxylation sites is 1. The summed E-state index contributed by atoms with van der Waals surface area (Å²) in [5.74, 6) is 2.40. The number of aromatic nitrogens is 2. The molecule has 146 valence electrons. The van der Waals surface area contributed by atoms with Crippen LogP contribution in [0.2, 0.25) is 0 Å². The summed E-state index contributed by atoms with van der Waals surface area (Å²) in [7, 11) is 1.84. The van der Waals surface area contributed by atoms with Crippen LogP contribution < -0.4 is 10.1 Å². The quantitative estimate of drug-likeness (QED) is 0.578. The predicted octanol–water partition coefficient (Wildman–Crippen LogP) is 3.57. The van der Waals surface area contributed by atoms with Gasteiger partial charge in [-0.15, -0.1) is 0 Å². The monoisotopic (exact) mass is 433 g/mol. The Bertz CT molecular complexity index is 749. The Kier molecular flexibility index (Phi) is 6.77. The molecule has 3 rings (SSSR count). The van der Waals surface area contributed by atoms with Crippen LogP contribution in [0.4, 0.5) is 0 Å². The molecule has 1 N–H and O–H groups in total. The van der Waals surface area contributed by atoms with Gasteiger partial charge in [0.2, 0.25) is 0 Å². The Hall–Kier alpha value is -2.02. The minimum absolute atomic E-state index is 0.0219. The van der Waals surface area contributed by atoms with E-state index >= 15 is 0 Å². The minimum atomic E-state index is 0.0219. The molecule has 1 saturated heterocycles. The van der Waals surface area contributed by atoms with Crippen molar-refractivity contribution in [2.75, 3.05) is 26.7 Å². The van der Waals surface area contributed by atoms with Gasteiger partial charge in [0.1, 0.15) is 11.9 Å². The van der Waals surface area contributed by atoms with Gasteiger partial charge in [-0.1, -0.05) is 19.1 Å². The number of halogens is 1. The van der Waals surface area contributed by atoms with E-state index in [0.29, 0.717) is 18.5 Å². The topological polar surface area (TPSA) is 54.7 Å². The fourth-order valence-corrected chi connectivity index (χ4v) is 3.84. The number of nitrogens with zero attached hydrogens (tertiary/aromatic N) is 4. The third kappa shape index (κ3) is 5.03. The van der Waals surface area contributed by atoms with Crippen LogP contribution in [0.3, 0.4) is 0 Å². The molecule has 1 fully saturated rings. The molecule has 0 amide bonds. The molecule has 0 bridgehead atoms. The van der Waals surface area contributed by atoms with Gasteiger partial charge < -0.3 is 19.5 Å². The van der Waals surface area contributed by atoms with Gasteiger partial charge in [-0.2, -0.15) is 0 Å². The van der Waals surface area contributed by atoms with Gasteiger partial charge in [0.05, 0.1) is 23.4 Å². The Morgan fingerprint density at radius 1 is 1.44 bits per heavy atom. The van der Waals surface area contributed by atoms with E-state index in [1.54, 1.807) is 0 Å². The first-order valence-electron chi connectivity index (χ1n) is 9.42. The number of guanidine groups is 1. The number of imidazole rings is 1. The first-order chi connectivity index (χ1) is 13.1. The van der Waals surface area contributed by atoms with Gasteiger partial charge in [-0.3, -0.25) is 4.99 Å². The lowest BCUT2D eigenvalue weighted by Crippen LogP contribution is -2.50. The van der Waals surface area contributed by atoms with E-state index in [1.165, 1.54) is 0 Å². The average molecular weight is 434 g/mol. The lowest BCUT2D eigenvalue weighted by Gasteiger charge is -2.39. The molecular formula is C20H28BrN5O. The predicted molar refractivity (Wildman–Crippen MR) is 112 cm³/mol. The Morgan fingerprint density at radius 2 is 2.26 bits per heavy atom. The molecule has 3 atom stereocenters. The first-order valence-corrected chi connectivity index (χ1v) is 10.2. The molecule has 2 aromatic rings. The van der Waals surface area contributed by atoms with Crippen LogP contribution in [0, 0.1) is 5.92 Å². The molecule has 0 saturated carbocycles. The zero-order chi connectivity index (χ0) is 19.2. The SMILES string of the molecule is CN=C(NCC(C)Oc1ccccc1Br)N1CCC(C)C(n2ccnc2)C1. The maximum atomic E-state index is 6.03. The van der Waals surface area contributed by atoms with Gasteiger partial charge in [0, 0.05) is 32.5 Å². The molecule has 6 nitrogen and oxygen atoms in total. The summed E-state index contributed by atoms with van der Waals surface area (Å²) in [5, 5.41) is 3.47. The maximum absolute atomic E-state index is 6.03. The lowest BCUT2D eigenvalue weighted by atomic mass is 9.93. The Balaban J connectivity index is 1.56. The average Bonchev–Trinajstić information content (AvgIpc) is 3.20.